The molecule has 0 saturated heterocycles. The summed E-state index contributed by atoms with van der Waals surface area (Å²) >= 11 is 0. The Balaban J connectivity index is 4.19. The molecule has 0 rings (SSSR count). The second kappa shape index (κ2) is 4.27. The van der Waals surface area contributed by atoms with Crippen LogP contribution in [0, 0.1) is 5.92 Å². The molecule has 0 spiro atoms. The van der Waals surface area contributed by atoms with Crippen molar-refractivity contribution in [1.82, 2.24) is 0 Å². The molecular formula is C9H14F2. The molecule has 0 N–H and O–H groups in total. The van der Waals surface area contributed by atoms with Gasteiger partial charge in [-0.25, -0.2) is 8.78 Å². The Morgan fingerprint density at radius 3 is 2.18 bits per heavy atom. The van der Waals surface area contributed by atoms with Crippen LogP contribution in [-0.4, -0.2) is 6.17 Å². The predicted octanol–water partition coefficient (Wildman–Crippen LogP) is 3.41. The van der Waals surface area contributed by atoms with E-state index in [1.54, 1.807) is 13.8 Å². The van der Waals surface area contributed by atoms with Gasteiger partial charge in [0.05, 0.1) is 0 Å². The second-order valence-corrected chi connectivity index (χ2v) is 2.83. The van der Waals surface area contributed by atoms with Crippen molar-refractivity contribution in [1.29, 1.82) is 0 Å². The monoisotopic (exact) mass is 160 g/mol. The van der Waals surface area contributed by atoms with E-state index < -0.39 is 12.0 Å². The average Bonchev–Trinajstić information content (AvgIpc) is 1.87. The number of allylic oxidation sites excluding steroid dienone is 3. The van der Waals surface area contributed by atoms with E-state index in [2.05, 4.69) is 6.58 Å². The fourth-order valence-electron chi connectivity index (χ4n) is 0.506. The summed E-state index contributed by atoms with van der Waals surface area (Å²) in [7, 11) is 0. The fourth-order valence-corrected chi connectivity index (χ4v) is 0.506. The highest BCUT2D eigenvalue weighted by atomic mass is 19.1. The van der Waals surface area contributed by atoms with Gasteiger partial charge in [0.1, 0.15) is 12.0 Å². The molecule has 0 nitrogen and oxygen atoms in total. The van der Waals surface area contributed by atoms with E-state index in [0.29, 0.717) is 5.57 Å². The number of halogens is 2. The first-order chi connectivity index (χ1) is 4.95. The van der Waals surface area contributed by atoms with E-state index >= 15 is 0 Å². The first-order valence-corrected chi connectivity index (χ1v) is 3.62. The topological polar surface area (TPSA) is 0 Å². The minimum absolute atomic E-state index is 0.345. The molecule has 0 bridgehead atoms. The molecule has 64 valence electrons. The first-order valence-electron chi connectivity index (χ1n) is 3.62. The standard InChI is InChI=1S/C9H14F2/c1-6(2)9(11)5-7(3)8(4)10/h5,7-8H,1H2,2-4H3/b9-5+. The molecule has 0 radical (unpaired) electrons. The molecule has 0 aliphatic heterocycles. The quantitative estimate of drug-likeness (QED) is 0.555. The minimum atomic E-state index is -1.01. The van der Waals surface area contributed by atoms with Crippen LogP contribution in [0.25, 0.3) is 0 Å². The van der Waals surface area contributed by atoms with E-state index in [1.807, 2.05) is 0 Å². The Hall–Kier alpha value is -0.660. The van der Waals surface area contributed by atoms with Crippen LogP contribution in [0.2, 0.25) is 0 Å². The zero-order chi connectivity index (χ0) is 9.02. The Bertz CT molecular complexity index is 168. The van der Waals surface area contributed by atoms with Gasteiger partial charge in [0.25, 0.3) is 0 Å². The highest BCUT2D eigenvalue weighted by Crippen LogP contribution is 2.15. The molecule has 11 heavy (non-hydrogen) atoms. The lowest BCUT2D eigenvalue weighted by atomic mass is 10.1. The van der Waals surface area contributed by atoms with Gasteiger partial charge < -0.3 is 0 Å². The van der Waals surface area contributed by atoms with Crippen molar-refractivity contribution in [2.75, 3.05) is 0 Å². The molecule has 2 atom stereocenters. The van der Waals surface area contributed by atoms with Crippen molar-refractivity contribution in [3.8, 4) is 0 Å². The van der Waals surface area contributed by atoms with Crippen molar-refractivity contribution < 1.29 is 8.78 Å². The molecule has 2 unspecified atom stereocenters. The first kappa shape index (κ1) is 10.3. The normalized spacial score (nSPS) is 17.7. The highest BCUT2D eigenvalue weighted by Gasteiger charge is 2.08. The van der Waals surface area contributed by atoms with Crippen LogP contribution in [0.1, 0.15) is 20.8 Å². The summed E-state index contributed by atoms with van der Waals surface area (Å²) in [6.45, 7) is 8.00. The van der Waals surface area contributed by atoms with Gasteiger partial charge in [0.2, 0.25) is 0 Å². The third kappa shape index (κ3) is 3.91. The number of alkyl halides is 1. The van der Waals surface area contributed by atoms with Crippen molar-refractivity contribution in [3.63, 3.8) is 0 Å². The van der Waals surface area contributed by atoms with Crippen LogP contribution in [-0.2, 0) is 0 Å². The maximum absolute atomic E-state index is 12.7. The van der Waals surface area contributed by atoms with E-state index in [4.69, 9.17) is 0 Å². The fraction of sp³-hybridized carbons (Fsp3) is 0.556. The Labute approximate surface area is 66.6 Å². The van der Waals surface area contributed by atoms with E-state index in [-0.39, 0.29) is 5.92 Å². The van der Waals surface area contributed by atoms with E-state index in [0.717, 1.165) is 0 Å². The van der Waals surface area contributed by atoms with Crippen LogP contribution in [0.3, 0.4) is 0 Å². The Kier molecular flexibility index (Phi) is 4.01. The number of hydrogen-bond acceptors (Lipinski definition) is 0. The Morgan fingerprint density at radius 1 is 1.45 bits per heavy atom. The van der Waals surface area contributed by atoms with Crippen LogP contribution in [0.4, 0.5) is 8.78 Å². The van der Waals surface area contributed by atoms with Crippen molar-refractivity contribution in [2.45, 2.75) is 26.9 Å². The molecule has 0 saturated carbocycles. The van der Waals surface area contributed by atoms with Crippen LogP contribution < -0.4 is 0 Å². The van der Waals surface area contributed by atoms with Crippen molar-refractivity contribution >= 4 is 0 Å². The molecule has 0 aromatic rings. The van der Waals surface area contributed by atoms with Gasteiger partial charge >= 0.3 is 0 Å². The summed E-state index contributed by atoms with van der Waals surface area (Å²) in [5, 5.41) is 0. The van der Waals surface area contributed by atoms with Gasteiger partial charge in [0.15, 0.2) is 0 Å². The lowest BCUT2D eigenvalue weighted by Crippen LogP contribution is -2.04. The van der Waals surface area contributed by atoms with Crippen LogP contribution in [0.5, 0.6) is 0 Å². The summed E-state index contributed by atoms with van der Waals surface area (Å²) in [6.07, 6.45) is 0.243. The van der Waals surface area contributed by atoms with Gasteiger partial charge in [-0.05, 0) is 25.5 Å². The molecule has 0 heterocycles. The van der Waals surface area contributed by atoms with Gasteiger partial charge in [0, 0.05) is 5.92 Å². The lowest BCUT2D eigenvalue weighted by Gasteiger charge is -2.06. The number of hydrogen-bond donors (Lipinski definition) is 0. The van der Waals surface area contributed by atoms with Crippen LogP contribution >= 0.6 is 0 Å². The van der Waals surface area contributed by atoms with Crippen molar-refractivity contribution in [3.05, 3.63) is 24.1 Å². The molecule has 0 aliphatic rings. The lowest BCUT2D eigenvalue weighted by molar-refractivity contribution is 0.298. The average molecular weight is 160 g/mol. The minimum Gasteiger partial charge on any atom is -0.247 e. The second-order valence-electron chi connectivity index (χ2n) is 2.83. The van der Waals surface area contributed by atoms with E-state index in [9.17, 15) is 8.78 Å². The van der Waals surface area contributed by atoms with Gasteiger partial charge in [-0.2, -0.15) is 0 Å². The van der Waals surface area contributed by atoms with Crippen LogP contribution in [0.15, 0.2) is 24.1 Å². The molecule has 0 fully saturated rings. The summed E-state index contributed by atoms with van der Waals surface area (Å²) in [6, 6.07) is 0. The van der Waals surface area contributed by atoms with Gasteiger partial charge in [-0.15, -0.1) is 0 Å². The highest BCUT2D eigenvalue weighted by molar-refractivity contribution is 5.19. The maximum Gasteiger partial charge on any atom is 0.121 e. The number of rotatable bonds is 3. The summed E-state index contributed by atoms with van der Waals surface area (Å²) in [5.41, 5.74) is 0.345. The molecular weight excluding hydrogens is 146 g/mol. The smallest absolute Gasteiger partial charge is 0.121 e. The summed E-state index contributed by atoms with van der Waals surface area (Å²) < 4.78 is 25.2. The third-order valence-corrected chi connectivity index (χ3v) is 1.54. The predicted molar refractivity (Wildman–Crippen MR) is 43.7 cm³/mol. The molecule has 0 amide bonds. The maximum atomic E-state index is 12.7. The zero-order valence-electron chi connectivity index (χ0n) is 7.20. The summed E-state index contributed by atoms with van der Waals surface area (Å²) in [4.78, 5) is 0. The third-order valence-electron chi connectivity index (χ3n) is 1.54. The summed E-state index contributed by atoms with van der Waals surface area (Å²) in [5.74, 6) is -0.798. The Morgan fingerprint density at radius 2 is 1.91 bits per heavy atom. The molecule has 0 aromatic heterocycles. The molecule has 0 aliphatic carbocycles. The van der Waals surface area contributed by atoms with Gasteiger partial charge in [-0.1, -0.05) is 13.5 Å². The molecule has 2 heteroatoms. The largest absolute Gasteiger partial charge is 0.247 e. The molecule has 0 aromatic carbocycles. The zero-order valence-corrected chi connectivity index (χ0v) is 7.20. The van der Waals surface area contributed by atoms with E-state index in [1.165, 1.54) is 13.0 Å². The van der Waals surface area contributed by atoms with Gasteiger partial charge in [-0.3, -0.25) is 0 Å². The van der Waals surface area contributed by atoms with Crippen molar-refractivity contribution in [2.24, 2.45) is 5.92 Å². The SMILES string of the molecule is C=C(C)/C(F)=C\C(C)C(C)F.